The Morgan fingerprint density at radius 3 is 2.30 bits per heavy atom. The number of carboxylic acids is 1. The van der Waals surface area contributed by atoms with E-state index in [1.54, 1.807) is 6.92 Å². The molecule has 2 N–H and O–H groups in total. The summed E-state index contributed by atoms with van der Waals surface area (Å²) in [6, 6.07) is 0. The average Bonchev–Trinajstić information content (AvgIpc) is 2.40. The summed E-state index contributed by atoms with van der Waals surface area (Å²) in [4.78, 5) is 34.6. The highest BCUT2D eigenvalue weighted by molar-refractivity contribution is 5.84. The molecule has 1 unspecified atom stereocenters. The van der Waals surface area contributed by atoms with Crippen LogP contribution in [0.15, 0.2) is 0 Å². The fourth-order valence-electron chi connectivity index (χ4n) is 2.32. The first-order valence-corrected chi connectivity index (χ1v) is 7.60. The molecule has 8 nitrogen and oxygen atoms in total. The maximum Gasteiger partial charge on any atom is 0.411 e. The molecular weight excluding hydrogens is 306 g/mol. The van der Waals surface area contributed by atoms with Gasteiger partial charge < -0.3 is 24.6 Å². The predicted octanol–water partition coefficient (Wildman–Crippen LogP) is 1.67. The minimum atomic E-state index is -1.43. The normalized spacial score (nSPS) is 19.7. The van der Waals surface area contributed by atoms with Crippen molar-refractivity contribution < 1.29 is 33.7 Å². The molecule has 1 amide bonds. The largest absolute Gasteiger partial charge is 0.480 e. The van der Waals surface area contributed by atoms with Crippen LogP contribution in [0.25, 0.3) is 0 Å². The standard InChI is InChI=1S/C15H25NO7/c1-9(21-4)12(22-10(2)17)23-14(20)16-15(3,13(18)19)8-11-6-5-7-11/h9,11-12H,5-8H2,1-4H3,(H,16,20)(H,18,19)/t9?,12-,15-/m0/s1. The topological polar surface area (TPSA) is 111 Å². The van der Waals surface area contributed by atoms with Gasteiger partial charge in [0.05, 0.1) is 0 Å². The summed E-state index contributed by atoms with van der Waals surface area (Å²) in [5, 5.41) is 11.8. The van der Waals surface area contributed by atoms with E-state index in [0.29, 0.717) is 6.42 Å². The number of rotatable bonds is 8. The van der Waals surface area contributed by atoms with Gasteiger partial charge in [-0.15, -0.1) is 0 Å². The number of carbonyl (C=O) groups is 3. The lowest BCUT2D eigenvalue weighted by molar-refractivity contribution is -0.186. The first-order valence-electron chi connectivity index (χ1n) is 7.60. The fraction of sp³-hybridized carbons (Fsp3) is 0.800. The smallest absolute Gasteiger partial charge is 0.411 e. The summed E-state index contributed by atoms with van der Waals surface area (Å²) in [6.45, 7) is 4.18. The van der Waals surface area contributed by atoms with Crippen molar-refractivity contribution in [2.24, 2.45) is 5.92 Å². The van der Waals surface area contributed by atoms with Crippen LogP contribution in [0.3, 0.4) is 0 Å². The second-order valence-corrected chi connectivity index (χ2v) is 6.09. The molecule has 23 heavy (non-hydrogen) atoms. The van der Waals surface area contributed by atoms with E-state index in [4.69, 9.17) is 14.2 Å². The number of methoxy groups -OCH3 is 1. The van der Waals surface area contributed by atoms with E-state index in [1.165, 1.54) is 21.0 Å². The maximum absolute atomic E-state index is 12.0. The quantitative estimate of drug-likeness (QED) is 0.514. The van der Waals surface area contributed by atoms with Crippen molar-refractivity contribution in [1.82, 2.24) is 5.32 Å². The number of aliphatic carboxylic acids is 1. The Labute approximate surface area is 135 Å². The summed E-state index contributed by atoms with van der Waals surface area (Å²) in [5.41, 5.74) is -1.43. The van der Waals surface area contributed by atoms with Crippen LogP contribution < -0.4 is 5.32 Å². The molecule has 1 rings (SSSR count). The summed E-state index contributed by atoms with van der Waals surface area (Å²) in [6.07, 6.45) is 0.406. The number of hydrogen-bond acceptors (Lipinski definition) is 6. The molecule has 3 atom stereocenters. The molecule has 0 aromatic rings. The van der Waals surface area contributed by atoms with Crippen LogP contribution in [0.1, 0.15) is 46.5 Å². The van der Waals surface area contributed by atoms with E-state index in [1.807, 2.05) is 0 Å². The first kappa shape index (κ1) is 19.2. The van der Waals surface area contributed by atoms with E-state index in [2.05, 4.69) is 5.32 Å². The second kappa shape index (κ2) is 8.14. The van der Waals surface area contributed by atoms with Crippen LogP contribution in [-0.2, 0) is 23.8 Å². The van der Waals surface area contributed by atoms with Crippen molar-refractivity contribution in [3.05, 3.63) is 0 Å². The Kier molecular flexibility index (Phi) is 6.80. The molecule has 1 fully saturated rings. The molecule has 0 aromatic carbocycles. The molecule has 0 radical (unpaired) electrons. The van der Waals surface area contributed by atoms with Gasteiger partial charge in [-0.1, -0.05) is 19.3 Å². The van der Waals surface area contributed by atoms with Gasteiger partial charge in [-0.25, -0.2) is 9.59 Å². The lowest BCUT2D eigenvalue weighted by Gasteiger charge is -2.34. The molecule has 132 valence electrons. The molecule has 0 spiro atoms. The van der Waals surface area contributed by atoms with Gasteiger partial charge in [0.1, 0.15) is 11.6 Å². The van der Waals surface area contributed by atoms with Gasteiger partial charge in [0.15, 0.2) is 0 Å². The van der Waals surface area contributed by atoms with Crippen LogP contribution in [0.4, 0.5) is 4.79 Å². The zero-order chi connectivity index (χ0) is 17.6. The third-order valence-electron chi connectivity index (χ3n) is 4.03. The van der Waals surface area contributed by atoms with Gasteiger partial charge in [-0.3, -0.25) is 4.79 Å². The van der Waals surface area contributed by atoms with Crippen molar-refractivity contribution in [2.75, 3.05) is 7.11 Å². The monoisotopic (exact) mass is 331 g/mol. The lowest BCUT2D eigenvalue weighted by Crippen LogP contribution is -2.55. The number of ether oxygens (including phenoxy) is 3. The summed E-state index contributed by atoms with van der Waals surface area (Å²) >= 11 is 0. The number of esters is 1. The fourth-order valence-corrected chi connectivity index (χ4v) is 2.32. The maximum atomic E-state index is 12.0. The molecule has 1 saturated carbocycles. The van der Waals surface area contributed by atoms with Gasteiger partial charge in [-0.2, -0.15) is 0 Å². The molecule has 1 aliphatic carbocycles. The molecule has 0 aliphatic heterocycles. The third-order valence-corrected chi connectivity index (χ3v) is 4.03. The third kappa shape index (κ3) is 5.70. The predicted molar refractivity (Wildman–Crippen MR) is 79.6 cm³/mol. The zero-order valence-electron chi connectivity index (χ0n) is 14.0. The molecule has 0 aromatic heterocycles. The Balaban J connectivity index is 2.68. The summed E-state index contributed by atoms with van der Waals surface area (Å²) in [5.74, 6) is -1.49. The van der Waals surface area contributed by atoms with Gasteiger partial charge >= 0.3 is 18.0 Å². The van der Waals surface area contributed by atoms with E-state index >= 15 is 0 Å². The lowest BCUT2D eigenvalue weighted by atomic mass is 9.76. The number of hydrogen-bond donors (Lipinski definition) is 2. The molecule has 0 heterocycles. The number of carbonyl (C=O) groups excluding carboxylic acids is 2. The van der Waals surface area contributed by atoms with E-state index in [0.717, 1.165) is 19.3 Å². The van der Waals surface area contributed by atoms with Crippen LogP contribution in [-0.4, -0.2) is 48.2 Å². The van der Waals surface area contributed by atoms with E-state index in [9.17, 15) is 19.5 Å². The highest BCUT2D eigenvalue weighted by Crippen LogP contribution is 2.33. The summed E-state index contributed by atoms with van der Waals surface area (Å²) < 4.78 is 14.9. The van der Waals surface area contributed by atoms with Gasteiger partial charge in [-0.05, 0) is 26.2 Å². The molecule has 1 aliphatic rings. The highest BCUT2D eigenvalue weighted by atomic mass is 16.7. The van der Waals surface area contributed by atoms with Gasteiger partial charge in [0.2, 0.25) is 0 Å². The molecule has 0 saturated heterocycles. The van der Waals surface area contributed by atoms with Crippen LogP contribution in [0.5, 0.6) is 0 Å². The van der Waals surface area contributed by atoms with Crippen molar-refractivity contribution in [3.8, 4) is 0 Å². The van der Waals surface area contributed by atoms with Crippen LogP contribution in [0, 0.1) is 5.92 Å². The number of carboxylic acid groups (broad SMARTS) is 1. The van der Waals surface area contributed by atoms with Crippen molar-refractivity contribution >= 4 is 18.0 Å². The second-order valence-electron chi connectivity index (χ2n) is 6.09. The van der Waals surface area contributed by atoms with Gasteiger partial charge in [0, 0.05) is 14.0 Å². The zero-order valence-corrected chi connectivity index (χ0v) is 14.0. The van der Waals surface area contributed by atoms with Crippen molar-refractivity contribution in [1.29, 1.82) is 0 Å². The Morgan fingerprint density at radius 2 is 1.91 bits per heavy atom. The number of alkyl carbamates (subject to hydrolysis) is 1. The molecule has 8 heteroatoms. The minimum Gasteiger partial charge on any atom is -0.480 e. The van der Waals surface area contributed by atoms with Crippen LogP contribution in [0.2, 0.25) is 0 Å². The summed E-state index contributed by atoms with van der Waals surface area (Å²) in [7, 11) is 1.38. The van der Waals surface area contributed by atoms with Crippen molar-refractivity contribution in [3.63, 3.8) is 0 Å². The Morgan fingerprint density at radius 1 is 1.30 bits per heavy atom. The minimum absolute atomic E-state index is 0.276. The number of nitrogens with one attached hydrogen (secondary N) is 1. The molecule has 0 bridgehead atoms. The van der Waals surface area contributed by atoms with E-state index in [-0.39, 0.29) is 5.92 Å². The van der Waals surface area contributed by atoms with Crippen molar-refractivity contribution in [2.45, 2.75) is 64.4 Å². The highest BCUT2D eigenvalue weighted by Gasteiger charge is 2.40. The van der Waals surface area contributed by atoms with E-state index < -0.39 is 36.0 Å². The number of amides is 1. The Bertz CT molecular complexity index is 449. The van der Waals surface area contributed by atoms with Crippen LogP contribution >= 0.6 is 0 Å². The average molecular weight is 331 g/mol. The Hall–Kier alpha value is -1.83. The molecular formula is C15H25NO7. The SMILES string of the molecule is COC(C)[C@@H](OC(C)=O)OC(=O)N[C@@](C)(CC1CCC1)C(=O)O. The first-order chi connectivity index (χ1) is 10.7. The van der Waals surface area contributed by atoms with Gasteiger partial charge in [0.25, 0.3) is 6.29 Å².